The van der Waals surface area contributed by atoms with Crippen LogP contribution >= 0.6 is 23.2 Å². The maximum Gasteiger partial charge on any atom is 0.0614 e. The second kappa shape index (κ2) is 4.34. The van der Waals surface area contributed by atoms with Crippen LogP contribution in [0.25, 0.3) is 0 Å². The van der Waals surface area contributed by atoms with Crippen LogP contribution in [-0.2, 0) is 0 Å². The van der Waals surface area contributed by atoms with Crippen molar-refractivity contribution in [3.8, 4) is 0 Å². The molecule has 0 amide bonds. The molecule has 1 aliphatic carbocycles. The Morgan fingerprint density at radius 3 is 2.50 bits per heavy atom. The third kappa shape index (κ3) is 2.38. The minimum Gasteiger partial charge on any atom is -0.397 e. The molecule has 0 atom stereocenters. The lowest BCUT2D eigenvalue weighted by atomic mass is 9.70. The molecule has 2 nitrogen and oxygen atoms in total. The minimum atomic E-state index is 0.415. The van der Waals surface area contributed by atoms with Crippen LogP contribution in [0.3, 0.4) is 0 Å². The summed E-state index contributed by atoms with van der Waals surface area (Å²) in [5.41, 5.74) is 7.82. The molecule has 2 rings (SSSR count). The standard InChI is InChI=1S/C12H16Cl2N2/c1-12(3-2-4-12)7-16-11-6-9(14)8(13)5-10(11)15/h5-6,16H,2-4,7,15H2,1H3. The lowest BCUT2D eigenvalue weighted by Crippen LogP contribution is -2.33. The molecule has 1 aromatic rings. The number of hydrogen-bond donors (Lipinski definition) is 2. The molecular weight excluding hydrogens is 243 g/mol. The summed E-state index contributed by atoms with van der Waals surface area (Å²) in [6, 6.07) is 3.48. The molecule has 0 heterocycles. The van der Waals surface area contributed by atoms with Crippen molar-refractivity contribution in [3.05, 3.63) is 22.2 Å². The molecule has 1 aliphatic rings. The molecule has 1 saturated carbocycles. The topological polar surface area (TPSA) is 38.0 Å². The summed E-state index contributed by atoms with van der Waals surface area (Å²) in [5.74, 6) is 0. The summed E-state index contributed by atoms with van der Waals surface area (Å²) >= 11 is 11.8. The summed E-state index contributed by atoms with van der Waals surface area (Å²) in [7, 11) is 0. The van der Waals surface area contributed by atoms with E-state index in [0.29, 0.717) is 21.1 Å². The van der Waals surface area contributed by atoms with Crippen LogP contribution in [0.15, 0.2) is 12.1 Å². The Balaban J connectivity index is 2.06. The van der Waals surface area contributed by atoms with Gasteiger partial charge in [0.25, 0.3) is 0 Å². The Labute approximate surface area is 106 Å². The first-order chi connectivity index (χ1) is 7.50. The number of hydrogen-bond acceptors (Lipinski definition) is 2. The Morgan fingerprint density at radius 1 is 1.31 bits per heavy atom. The van der Waals surface area contributed by atoms with Crippen LogP contribution in [0.4, 0.5) is 11.4 Å². The van der Waals surface area contributed by atoms with Gasteiger partial charge in [0.2, 0.25) is 0 Å². The van der Waals surface area contributed by atoms with Gasteiger partial charge in [0.15, 0.2) is 0 Å². The summed E-state index contributed by atoms with van der Waals surface area (Å²) in [6.45, 7) is 3.23. The number of nitrogens with one attached hydrogen (secondary N) is 1. The molecule has 0 bridgehead atoms. The minimum absolute atomic E-state index is 0.415. The second-order valence-corrected chi connectivity index (χ2v) is 5.69. The van der Waals surface area contributed by atoms with Crippen LogP contribution in [0.2, 0.25) is 10.0 Å². The lowest BCUT2D eigenvalue weighted by molar-refractivity contribution is 0.180. The van der Waals surface area contributed by atoms with Gasteiger partial charge in [-0.15, -0.1) is 0 Å². The summed E-state index contributed by atoms with van der Waals surface area (Å²) in [6.07, 6.45) is 3.89. The zero-order valence-corrected chi connectivity index (χ0v) is 10.8. The van der Waals surface area contributed by atoms with Gasteiger partial charge in [-0.05, 0) is 30.4 Å². The van der Waals surface area contributed by atoms with Crippen molar-refractivity contribution >= 4 is 34.6 Å². The predicted octanol–water partition coefficient (Wildman–Crippen LogP) is 4.18. The van der Waals surface area contributed by atoms with E-state index in [-0.39, 0.29) is 0 Å². The van der Waals surface area contributed by atoms with Crippen LogP contribution in [0.5, 0.6) is 0 Å². The highest BCUT2D eigenvalue weighted by Crippen LogP contribution is 2.41. The van der Waals surface area contributed by atoms with E-state index in [0.717, 1.165) is 12.2 Å². The fraction of sp³-hybridized carbons (Fsp3) is 0.500. The van der Waals surface area contributed by atoms with Crippen LogP contribution in [0, 0.1) is 5.41 Å². The van der Waals surface area contributed by atoms with Gasteiger partial charge in [-0.2, -0.15) is 0 Å². The first kappa shape index (κ1) is 11.9. The fourth-order valence-corrected chi connectivity index (χ4v) is 2.32. The molecule has 0 unspecified atom stereocenters. The van der Waals surface area contributed by atoms with Gasteiger partial charge in [-0.3, -0.25) is 0 Å². The van der Waals surface area contributed by atoms with Gasteiger partial charge >= 0.3 is 0 Å². The lowest BCUT2D eigenvalue weighted by Gasteiger charge is -2.38. The Hall–Kier alpha value is -0.600. The summed E-state index contributed by atoms with van der Waals surface area (Å²) < 4.78 is 0. The number of benzene rings is 1. The molecule has 0 aliphatic heterocycles. The number of halogens is 2. The molecule has 3 N–H and O–H groups in total. The average Bonchev–Trinajstić information content (AvgIpc) is 2.19. The van der Waals surface area contributed by atoms with Gasteiger partial charge in [-0.1, -0.05) is 36.5 Å². The predicted molar refractivity (Wildman–Crippen MR) is 71.3 cm³/mol. The normalized spacial score (nSPS) is 17.9. The average molecular weight is 259 g/mol. The molecule has 1 fully saturated rings. The molecule has 88 valence electrons. The van der Waals surface area contributed by atoms with Crippen LogP contribution in [0.1, 0.15) is 26.2 Å². The van der Waals surface area contributed by atoms with Gasteiger partial charge in [0, 0.05) is 6.54 Å². The van der Waals surface area contributed by atoms with E-state index in [1.54, 1.807) is 12.1 Å². The third-order valence-corrected chi connectivity index (χ3v) is 4.08. The summed E-state index contributed by atoms with van der Waals surface area (Å²) in [4.78, 5) is 0. The number of anilines is 2. The number of nitrogen functional groups attached to an aromatic ring is 1. The zero-order valence-electron chi connectivity index (χ0n) is 9.32. The Kier molecular flexibility index (Phi) is 3.22. The van der Waals surface area contributed by atoms with Crippen molar-refractivity contribution in [1.29, 1.82) is 0 Å². The molecule has 0 spiro atoms. The van der Waals surface area contributed by atoms with E-state index >= 15 is 0 Å². The first-order valence-corrected chi connectivity index (χ1v) is 6.24. The van der Waals surface area contributed by atoms with Crippen molar-refractivity contribution in [2.45, 2.75) is 26.2 Å². The Bertz CT molecular complexity index is 400. The van der Waals surface area contributed by atoms with Gasteiger partial charge < -0.3 is 11.1 Å². The smallest absolute Gasteiger partial charge is 0.0614 e. The van der Waals surface area contributed by atoms with Crippen molar-refractivity contribution < 1.29 is 0 Å². The molecule has 1 aromatic carbocycles. The van der Waals surface area contributed by atoms with Crippen molar-refractivity contribution in [2.75, 3.05) is 17.6 Å². The highest BCUT2D eigenvalue weighted by molar-refractivity contribution is 6.42. The van der Waals surface area contributed by atoms with Crippen LogP contribution in [-0.4, -0.2) is 6.54 Å². The van der Waals surface area contributed by atoms with Crippen molar-refractivity contribution in [2.24, 2.45) is 5.41 Å². The highest BCUT2D eigenvalue weighted by Gasteiger charge is 2.31. The van der Waals surface area contributed by atoms with E-state index < -0.39 is 0 Å². The van der Waals surface area contributed by atoms with Crippen LogP contribution < -0.4 is 11.1 Å². The molecule has 0 radical (unpaired) electrons. The van der Waals surface area contributed by atoms with E-state index in [2.05, 4.69) is 12.2 Å². The monoisotopic (exact) mass is 258 g/mol. The second-order valence-electron chi connectivity index (χ2n) is 4.87. The van der Waals surface area contributed by atoms with E-state index in [1.165, 1.54) is 19.3 Å². The largest absolute Gasteiger partial charge is 0.397 e. The molecule has 0 saturated heterocycles. The van der Waals surface area contributed by atoms with Gasteiger partial charge in [0.05, 0.1) is 21.4 Å². The van der Waals surface area contributed by atoms with Gasteiger partial charge in [0.1, 0.15) is 0 Å². The molecular formula is C12H16Cl2N2. The molecule has 16 heavy (non-hydrogen) atoms. The van der Waals surface area contributed by atoms with E-state index in [1.807, 2.05) is 0 Å². The SMILES string of the molecule is CC1(CNc2cc(Cl)c(Cl)cc2N)CCC1. The fourth-order valence-electron chi connectivity index (χ4n) is 1.98. The Morgan fingerprint density at radius 2 is 1.94 bits per heavy atom. The first-order valence-electron chi connectivity index (χ1n) is 5.49. The molecule has 4 heteroatoms. The summed E-state index contributed by atoms with van der Waals surface area (Å²) in [5, 5.41) is 4.39. The maximum absolute atomic E-state index is 5.96. The van der Waals surface area contributed by atoms with Crippen molar-refractivity contribution in [1.82, 2.24) is 0 Å². The number of nitrogens with two attached hydrogens (primary N) is 1. The highest BCUT2D eigenvalue weighted by atomic mass is 35.5. The van der Waals surface area contributed by atoms with E-state index in [4.69, 9.17) is 28.9 Å². The zero-order chi connectivity index (χ0) is 11.8. The number of rotatable bonds is 3. The quantitative estimate of drug-likeness (QED) is 0.799. The van der Waals surface area contributed by atoms with E-state index in [9.17, 15) is 0 Å². The van der Waals surface area contributed by atoms with Gasteiger partial charge in [-0.25, -0.2) is 0 Å². The molecule has 0 aromatic heterocycles. The maximum atomic E-state index is 5.96. The van der Waals surface area contributed by atoms with Crippen molar-refractivity contribution in [3.63, 3.8) is 0 Å². The third-order valence-electron chi connectivity index (χ3n) is 3.36.